The van der Waals surface area contributed by atoms with Crippen LogP contribution in [0.5, 0.6) is 5.75 Å². The van der Waals surface area contributed by atoms with E-state index in [0.717, 1.165) is 19.4 Å². The molecule has 0 spiro atoms. The van der Waals surface area contributed by atoms with Crippen LogP contribution in [0.2, 0.25) is 5.02 Å². The molecule has 0 bridgehead atoms. The second-order valence-electron chi connectivity index (χ2n) is 6.78. The number of halogens is 1. The van der Waals surface area contributed by atoms with Gasteiger partial charge in [0.15, 0.2) is 0 Å². The van der Waals surface area contributed by atoms with Crippen LogP contribution in [-0.4, -0.2) is 37.0 Å². The fourth-order valence-electron chi connectivity index (χ4n) is 3.49. The zero-order valence-corrected chi connectivity index (χ0v) is 15.8. The Morgan fingerprint density at radius 1 is 1.31 bits per heavy atom. The molecule has 0 radical (unpaired) electrons. The average molecular weight is 373 g/mol. The molecule has 5 heteroatoms. The molecule has 1 aliphatic rings. The van der Waals surface area contributed by atoms with E-state index in [1.54, 1.807) is 18.2 Å². The first kappa shape index (κ1) is 18.7. The number of nitrogens with zero attached hydrogens (tertiary/aromatic N) is 1. The molecule has 138 valence electrons. The van der Waals surface area contributed by atoms with Gasteiger partial charge < -0.3 is 15.4 Å². The fourth-order valence-corrected chi connectivity index (χ4v) is 3.66. The first-order valence-corrected chi connectivity index (χ1v) is 9.44. The van der Waals surface area contributed by atoms with Gasteiger partial charge in [-0.1, -0.05) is 41.4 Å². The van der Waals surface area contributed by atoms with E-state index < -0.39 is 0 Å². The Balaban J connectivity index is 1.80. The molecule has 0 unspecified atom stereocenters. The number of ether oxygens (including phenoxy) is 1. The molecular formula is C21H25ClN2O2. The van der Waals surface area contributed by atoms with Crippen LogP contribution in [-0.2, 0) is 0 Å². The van der Waals surface area contributed by atoms with E-state index in [2.05, 4.69) is 31.2 Å². The van der Waals surface area contributed by atoms with Crippen molar-refractivity contribution < 1.29 is 9.53 Å². The SMILES string of the molecule is Cc1cccc([C@H]2CCCN(C(=O)c3cc(Cl)ccc3OCCN)C2)c1. The summed E-state index contributed by atoms with van der Waals surface area (Å²) in [7, 11) is 0. The van der Waals surface area contributed by atoms with E-state index in [-0.39, 0.29) is 5.91 Å². The predicted octanol–water partition coefficient (Wildman–Crippen LogP) is 4.01. The van der Waals surface area contributed by atoms with Crippen molar-refractivity contribution in [2.75, 3.05) is 26.2 Å². The topological polar surface area (TPSA) is 55.6 Å². The van der Waals surface area contributed by atoms with Gasteiger partial charge >= 0.3 is 0 Å². The summed E-state index contributed by atoms with van der Waals surface area (Å²) < 4.78 is 5.65. The van der Waals surface area contributed by atoms with Gasteiger partial charge in [0, 0.05) is 30.6 Å². The van der Waals surface area contributed by atoms with Gasteiger partial charge in [-0.25, -0.2) is 0 Å². The third-order valence-corrected chi connectivity index (χ3v) is 5.00. The number of benzene rings is 2. The van der Waals surface area contributed by atoms with Crippen LogP contribution in [0.1, 0.15) is 40.2 Å². The standard InChI is InChI=1S/C21H25ClN2O2/c1-15-4-2-5-16(12-15)17-6-3-10-24(14-17)21(25)19-13-18(22)7-8-20(19)26-11-9-23/h2,4-5,7-8,12-13,17H,3,6,9-11,14,23H2,1H3/t17-/m0/s1. The molecule has 1 atom stereocenters. The number of aryl methyl sites for hydroxylation is 1. The van der Waals surface area contributed by atoms with E-state index in [1.807, 2.05) is 4.90 Å². The highest BCUT2D eigenvalue weighted by Gasteiger charge is 2.27. The lowest BCUT2D eigenvalue weighted by atomic mass is 9.89. The van der Waals surface area contributed by atoms with Crippen molar-refractivity contribution in [3.8, 4) is 5.75 Å². The van der Waals surface area contributed by atoms with Crippen molar-refractivity contribution in [3.05, 3.63) is 64.2 Å². The van der Waals surface area contributed by atoms with Gasteiger partial charge in [0.2, 0.25) is 0 Å². The molecule has 2 aromatic rings. The molecule has 1 amide bonds. The van der Waals surface area contributed by atoms with Gasteiger partial charge in [0.05, 0.1) is 5.56 Å². The predicted molar refractivity (Wildman–Crippen MR) is 105 cm³/mol. The van der Waals surface area contributed by atoms with Crippen LogP contribution in [0.15, 0.2) is 42.5 Å². The number of piperidine rings is 1. The summed E-state index contributed by atoms with van der Waals surface area (Å²) in [4.78, 5) is 15.0. The summed E-state index contributed by atoms with van der Waals surface area (Å²) >= 11 is 6.12. The quantitative estimate of drug-likeness (QED) is 0.862. The van der Waals surface area contributed by atoms with Gasteiger partial charge in [-0.15, -0.1) is 0 Å². The van der Waals surface area contributed by atoms with Gasteiger partial charge in [-0.2, -0.15) is 0 Å². The van der Waals surface area contributed by atoms with Crippen LogP contribution in [0.4, 0.5) is 0 Å². The summed E-state index contributed by atoms with van der Waals surface area (Å²) in [5, 5.41) is 0.528. The maximum atomic E-state index is 13.1. The van der Waals surface area contributed by atoms with Crippen LogP contribution >= 0.6 is 11.6 Å². The molecule has 1 fully saturated rings. The Kier molecular flexibility index (Phi) is 6.17. The minimum atomic E-state index is -0.0307. The lowest BCUT2D eigenvalue weighted by Gasteiger charge is -2.33. The number of rotatable bonds is 5. The summed E-state index contributed by atoms with van der Waals surface area (Å²) in [6.07, 6.45) is 2.09. The van der Waals surface area contributed by atoms with Gasteiger partial charge in [-0.3, -0.25) is 4.79 Å². The van der Waals surface area contributed by atoms with Crippen molar-refractivity contribution in [1.29, 1.82) is 0 Å². The van der Waals surface area contributed by atoms with Crippen molar-refractivity contribution >= 4 is 17.5 Å². The van der Waals surface area contributed by atoms with E-state index in [1.165, 1.54) is 11.1 Å². The Morgan fingerprint density at radius 3 is 2.92 bits per heavy atom. The third kappa shape index (κ3) is 4.37. The summed E-state index contributed by atoms with van der Waals surface area (Å²) in [6, 6.07) is 13.7. The molecule has 0 saturated carbocycles. The minimum Gasteiger partial charge on any atom is -0.491 e. The van der Waals surface area contributed by atoms with Crippen molar-refractivity contribution in [1.82, 2.24) is 4.90 Å². The van der Waals surface area contributed by atoms with Crippen molar-refractivity contribution in [2.24, 2.45) is 5.73 Å². The lowest BCUT2D eigenvalue weighted by molar-refractivity contribution is 0.0703. The maximum Gasteiger partial charge on any atom is 0.257 e. The zero-order valence-electron chi connectivity index (χ0n) is 15.1. The van der Waals surface area contributed by atoms with Crippen LogP contribution < -0.4 is 10.5 Å². The van der Waals surface area contributed by atoms with Gasteiger partial charge in [0.1, 0.15) is 12.4 Å². The lowest BCUT2D eigenvalue weighted by Crippen LogP contribution is -2.39. The highest BCUT2D eigenvalue weighted by atomic mass is 35.5. The fraction of sp³-hybridized carbons (Fsp3) is 0.381. The molecule has 4 nitrogen and oxygen atoms in total. The number of hydrogen-bond acceptors (Lipinski definition) is 3. The number of nitrogens with two attached hydrogens (primary N) is 1. The van der Waals surface area contributed by atoms with Crippen LogP contribution in [0.3, 0.4) is 0 Å². The molecular weight excluding hydrogens is 348 g/mol. The third-order valence-electron chi connectivity index (χ3n) is 4.77. The molecule has 1 aliphatic heterocycles. The van der Waals surface area contributed by atoms with E-state index in [0.29, 0.717) is 41.9 Å². The highest BCUT2D eigenvalue weighted by molar-refractivity contribution is 6.31. The van der Waals surface area contributed by atoms with E-state index in [9.17, 15) is 4.79 Å². The van der Waals surface area contributed by atoms with Gasteiger partial charge in [0.25, 0.3) is 5.91 Å². The smallest absolute Gasteiger partial charge is 0.257 e. The zero-order chi connectivity index (χ0) is 18.5. The number of carbonyl (C=O) groups is 1. The van der Waals surface area contributed by atoms with E-state index in [4.69, 9.17) is 22.1 Å². The number of likely N-dealkylation sites (tertiary alicyclic amines) is 1. The number of hydrogen-bond donors (Lipinski definition) is 1. The number of carbonyl (C=O) groups excluding carboxylic acids is 1. The summed E-state index contributed by atoms with van der Waals surface area (Å²) in [6.45, 7) is 4.33. The molecule has 3 rings (SSSR count). The van der Waals surface area contributed by atoms with Crippen LogP contribution in [0.25, 0.3) is 0 Å². The van der Waals surface area contributed by atoms with Crippen LogP contribution in [0, 0.1) is 6.92 Å². The molecule has 26 heavy (non-hydrogen) atoms. The molecule has 0 aromatic heterocycles. The Hall–Kier alpha value is -2.04. The van der Waals surface area contributed by atoms with Crippen molar-refractivity contribution in [3.63, 3.8) is 0 Å². The van der Waals surface area contributed by atoms with Gasteiger partial charge in [-0.05, 0) is 43.5 Å². The molecule has 1 saturated heterocycles. The molecule has 1 heterocycles. The molecule has 2 N–H and O–H groups in total. The van der Waals surface area contributed by atoms with E-state index >= 15 is 0 Å². The second kappa shape index (κ2) is 8.56. The maximum absolute atomic E-state index is 13.1. The summed E-state index contributed by atoms with van der Waals surface area (Å²) in [5.41, 5.74) is 8.58. The molecule has 0 aliphatic carbocycles. The first-order chi connectivity index (χ1) is 12.6. The highest BCUT2D eigenvalue weighted by Crippen LogP contribution is 2.30. The van der Waals surface area contributed by atoms with Crippen molar-refractivity contribution in [2.45, 2.75) is 25.7 Å². The Labute approximate surface area is 159 Å². The summed E-state index contributed by atoms with van der Waals surface area (Å²) in [5.74, 6) is 0.875. The normalized spacial score (nSPS) is 17.2. The second-order valence-corrected chi connectivity index (χ2v) is 7.22. The largest absolute Gasteiger partial charge is 0.491 e. The molecule has 2 aromatic carbocycles. The number of amides is 1. The minimum absolute atomic E-state index is 0.0307. The average Bonchev–Trinajstić information content (AvgIpc) is 2.66. The first-order valence-electron chi connectivity index (χ1n) is 9.06. The monoisotopic (exact) mass is 372 g/mol. The Bertz CT molecular complexity index is 778. The Morgan fingerprint density at radius 2 is 2.15 bits per heavy atom.